The Hall–Kier alpha value is -0.250. The molecule has 17 heavy (non-hydrogen) atoms. The number of hydrogen-bond donors (Lipinski definition) is 1. The van der Waals surface area contributed by atoms with E-state index in [1.807, 2.05) is 11.8 Å². The van der Waals surface area contributed by atoms with Gasteiger partial charge in [0.15, 0.2) is 0 Å². The molecule has 1 rings (SSSR count). The van der Waals surface area contributed by atoms with Crippen molar-refractivity contribution in [3.63, 3.8) is 0 Å². The lowest BCUT2D eigenvalue weighted by Crippen LogP contribution is -2.26. The van der Waals surface area contributed by atoms with Crippen LogP contribution >= 0.6 is 23.4 Å². The summed E-state index contributed by atoms with van der Waals surface area (Å²) in [6.45, 7) is 4.81. The average molecular weight is 276 g/mol. The molecule has 1 unspecified atom stereocenters. The monoisotopic (exact) mass is 275 g/mol. The van der Waals surface area contributed by atoms with E-state index in [0.29, 0.717) is 23.2 Å². The Balaban J connectivity index is 2.36. The Morgan fingerprint density at radius 3 is 2.94 bits per heavy atom. The van der Waals surface area contributed by atoms with Gasteiger partial charge in [-0.2, -0.15) is 11.8 Å². The molecule has 1 aromatic rings. The standard InChI is InChI=1S/C13H19ClFNS/c1-3-17-7-6-10(2)16-9-11-8-12(14)4-5-13(11)15/h4-5,8,10,16H,3,6-7,9H2,1-2H3. The summed E-state index contributed by atoms with van der Waals surface area (Å²) >= 11 is 7.77. The molecular weight excluding hydrogens is 257 g/mol. The Morgan fingerprint density at radius 1 is 1.47 bits per heavy atom. The third-order valence-electron chi connectivity index (χ3n) is 2.55. The van der Waals surface area contributed by atoms with Gasteiger partial charge < -0.3 is 5.32 Å². The second kappa shape index (κ2) is 7.96. The molecule has 96 valence electrons. The van der Waals surface area contributed by atoms with E-state index in [-0.39, 0.29) is 5.82 Å². The second-order valence-corrected chi connectivity index (χ2v) is 5.83. The van der Waals surface area contributed by atoms with E-state index in [1.54, 1.807) is 12.1 Å². The minimum atomic E-state index is -0.197. The fourth-order valence-electron chi connectivity index (χ4n) is 1.47. The normalized spacial score (nSPS) is 12.7. The molecule has 0 saturated carbocycles. The summed E-state index contributed by atoms with van der Waals surface area (Å²) in [7, 11) is 0. The van der Waals surface area contributed by atoms with Crippen LogP contribution < -0.4 is 5.32 Å². The molecule has 0 aliphatic heterocycles. The van der Waals surface area contributed by atoms with Crippen molar-refractivity contribution in [1.82, 2.24) is 5.32 Å². The van der Waals surface area contributed by atoms with E-state index in [1.165, 1.54) is 6.07 Å². The van der Waals surface area contributed by atoms with E-state index >= 15 is 0 Å². The first kappa shape index (κ1) is 14.8. The largest absolute Gasteiger partial charge is 0.310 e. The molecule has 0 aliphatic carbocycles. The van der Waals surface area contributed by atoms with Crippen molar-refractivity contribution in [2.24, 2.45) is 0 Å². The highest BCUT2D eigenvalue weighted by Gasteiger charge is 2.05. The first-order valence-electron chi connectivity index (χ1n) is 5.88. The summed E-state index contributed by atoms with van der Waals surface area (Å²) in [6, 6.07) is 5.06. The first-order chi connectivity index (χ1) is 8.13. The van der Waals surface area contributed by atoms with Gasteiger partial charge in [0, 0.05) is 23.2 Å². The molecule has 1 nitrogen and oxygen atoms in total. The highest BCUT2D eigenvalue weighted by Crippen LogP contribution is 2.15. The van der Waals surface area contributed by atoms with Crippen molar-refractivity contribution in [3.05, 3.63) is 34.6 Å². The second-order valence-electron chi connectivity index (χ2n) is 4.00. The summed E-state index contributed by atoms with van der Waals surface area (Å²) < 4.78 is 13.4. The molecular formula is C13H19ClFNS. The van der Waals surface area contributed by atoms with E-state index < -0.39 is 0 Å². The van der Waals surface area contributed by atoms with Gasteiger partial charge in [0.25, 0.3) is 0 Å². The SMILES string of the molecule is CCSCCC(C)NCc1cc(Cl)ccc1F. The maximum Gasteiger partial charge on any atom is 0.127 e. The summed E-state index contributed by atoms with van der Waals surface area (Å²) in [6.07, 6.45) is 1.10. The van der Waals surface area contributed by atoms with Crippen molar-refractivity contribution < 1.29 is 4.39 Å². The molecule has 0 heterocycles. The maximum absolute atomic E-state index is 13.4. The first-order valence-corrected chi connectivity index (χ1v) is 7.41. The van der Waals surface area contributed by atoms with Crippen LogP contribution in [0.15, 0.2) is 18.2 Å². The van der Waals surface area contributed by atoms with Gasteiger partial charge in [0.2, 0.25) is 0 Å². The molecule has 0 amide bonds. The van der Waals surface area contributed by atoms with Crippen LogP contribution in [0.4, 0.5) is 4.39 Å². The summed E-state index contributed by atoms with van der Waals surface area (Å²) in [5.74, 6) is 2.09. The van der Waals surface area contributed by atoms with Crippen LogP contribution in [0.1, 0.15) is 25.8 Å². The molecule has 0 bridgehead atoms. The highest BCUT2D eigenvalue weighted by atomic mass is 35.5. The van der Waals surface area contributed by atoms with Gasteiger partial charge in [-0.25, -0.2) is 4.39 Å². The van der Waals surface area contributed by atoms with Gasteiger partial charge in [-0.1, -0.05) is 18.5 Å². The van der Waals surface area contributed by atoms with Crippen molar-refractivity contribution in [3.8, 4) is 0 Å². The third-order valence-corrected chi connectivity index (χ3v) is 3.72. The van der Waals surface area contributed by atoms with Crippen LogP contribution in [0.25, 0.3) is 0 Å². The fourth-order valence-corrected chi connectivity index (χ4v) is 2.47. The number of halogens is 2. The average Bonchev–Trinajstić information content (AvgIpc) is 2.31. The number of thioether (sulfide) groups is 1. The van der Waals surface area contributed by atoms with E-state index in [9.17, 15) is 4.39 Å². The minimum absolute atomic E-state index is 0.197. The van der Waals surface area contributed by atoms with Crippen LogP contribution in [-0.2, 0) is 6.54 Å². The predicted molar refractivity (Wildman–Crippen MR) is 75.3 cm³/mol. The van der Waals surface area contributed by atoms with Crippen LogP contribution in [0, 0.1) is 5.82 Å². The summed E-state index contributed by atoms with van der Waals surface area (Å²) in [4.78, 5) is 0. The van der Waals surface area contributed by atoms with Crippen LogP contribution in [0.2, 0.25) is 5.02 Å². The van der Waals surface area contributed by atoms with Crippen LogP contribution in [0.5, 0.6) is 0 Å². The molecule has 0 aromatic heterocycles. The Labute approximate surface area is 112 Å². The van der Waals surface area contributed by atoms with Crippen molar-refractivity contribution in [1.29, 1.82) is 0 Å². The quantitative estimate of drug-likeness (QED) is 0.752. The minimum Gasteiger partial charge on any atom is -0.310 e. The summed E-state index contributed by atoms with van der Waals surface area (Å²) in [5.41, 5.74) is 0.632. The number of rotatable bonds is 7. The van der Waals surface area contributed by atoms with Gasteiger partial charge in [0.1, 0.15) is 5.82 Å². The van der Waals surface area contributed by atoms with Gasteiger partial charge >= 0.3 is 0 Å². The Bertz CT molecular complexity index is 346. The van der Waals surface area contributed by atoms with Crippen molar-refractivity contribution >= 4 is 23.4 Å². The zero-order valence-electron chi connectivity index (χ0n) is 10.3. The van der Waals surface area contributed by atoms with Gasteiger partial charge in [-0.05, 0) is 43.0 Å². The molecule has 4 heteroatoms. The van der Waals surface area contributed by atoms with Crippen LogP contribution in [-0.4, -0.2) is 17.5 Å². The number of hydrogen-bond acceptors (Lipinski definition) is 2. The van der Waals surface area contributed by atoms with Crippen molar-refractivity contribution in [2.45, 2.75) is 32.9 Å². The maximum atomic E-state index is 13.4. The molecule has 0 spiro atoms. The number of nitrogens with one attached hydrogen (secondary N) is 1. The summed E-state index contributed by atoms with van der Waals surface area (Å²) in [5, 5.41) is 3.89. The number of benzene rings is 1. The molecule has 0 fully saturated rings. The molecule has 1 N–H and O–H groups in total. The molecule has 0 aliphatic rings. The lowest BCUT2D eigenvalue weighted by Gasteiger charge is -2.13. The third kappa shape index (κ3) is 5.75. The van der Waals surface area contributed by atoms with E-state index in [0.717, 1.165) is 17.9 Å². The molecule has 0 radical (unpaired) electrons. The lowest BCUT2D eigenvalue weighted by molar-refractivity contribution is 0.519. The van der Waals surface area contributed by atoms with E-state index in [2.05, 4.69) is 19.2 Å². The van der Waals surface area contributed by atoms with E-state index in [4.69, 9.17) is 11.6 Å². The van der Waals surface area contributed by atoms with Crippen LogP contribution in [0.3, 0.4) is 0 Å². The zero-order chi connectivity index (χ0) is 12.7. The molecule has 1 atom stereocenters. The lowest BCUT2D eigenvalue weighted by atomic mass is 10.2. The highest BCUT2D eigenvalue weighted by molar-refractivity contribution is 7.99. The molecule has 1 aromatic carbocycles. The van der Waals surface area contributed by atoms with Crippen molar-refractivity contribution in [2.75, 3.05) is 11.5 Å². The Morgan fingerprint density at radius 2 is 2.24 bits per heavy atom. The fraction of sp³-hybridized carbons (Fsp3) is 0.538. The smallest absolute Gasteiger partial charge is 0.127 e. The molecule has 0 saturated heterocycles. The zero-order valence-corrected chi connectivity index (χ0v) is 11.9. The Kier molecular flexibility index (Phi) is 6.93. The van der Waals surface area contributed by atoms with Gasteiger partial charge in [-0.3, -0.25) is 0 Å². The predicted octanol–water partition coefficient (Wildman–Crippen LogP) is 4.10. The van der Waals surface area contributed by atoms with Gasteiger partial charge in [0.05, 0.1) is 0 Å². The van der Waals surface area contributed by atoms with Gasteiger partial charge in [-0.15, -0.1) is 0 Å². The topological polar surface area (TPSA) is 12.0 Å².